The highest BCUT2D eigenvalue weighted by molar-refractivity contribution is 5.97. The molecule has 148 valence electrons. The van der Waals surface area contributed by atoms with E-state index in [-0.39, 0.29) is 17.4 Å². The van der Waals surface area contributed by atoms with Gasteiger partial charge in [0.25, 0.3) is 5.91 Å². The van der Waals surface area contributed by atoms with E-state index in [1.165, 1.54) is 26.2 Å². The van der Waals surface area contributed by atoms with Gasteiger partial charge in [-0.2, -0.15) is 0 Å². The van der Waals surface area contributed by atoms with E-state index in [1.54, 1.807) is 0 Å². The van der Waals surface area contributed by atoms with E-state index >= 15 is 0 Å². The molecule has 0 spiro atoms. The van der Waals surface area contributed by atoms with Crippen LogP contribution in [0.2, 0.25) is 0 Å². The van der Waals surface area contributed by atoms with E-state index in [1.807, 2.05) is 6.08 Å². The molecule has 5 rings (SSSR count). The number of allylic oxidation sites excluding steroid dienone is 2. The molecule has 5 aliphatic rings. The summed E-state index contributed by atoms with van der Waals surface area (Å²) in [6, 6.07) is -0.453. The number of amides is 3. The molecule has 4 fully saturated rings. The van der Waals surface area contributed by atoms with Gasteiger partial charge in [0.1, 0.15) is 0 Å². The topological polar surface area (TPSA) is 84.5 Å². The van der Waals surface area contributed by atoms with Crippen LogP contribution in [-0.2, 0) is 14.3 Å². The first-order valence-electron chi connectivity index (χ1n) is 10.4. The van der Waals surface area contributed by atoms with E-state index in [9.17, 15) is 14.4 Å². The summed E-state index contributed by atoms with van der Waals surface area (Å²) in [5, 5.41) is 5.49. The molecule has 0 saturated heterocycles. The van der Waals surface area contributed by atoms with Gasteiger partial charge in [-0.05, 0) is 82.5 Å². The molecule has 6 nitrogen and oxygen atoms in total. The number of imide groups is 1. The summed E-state index contributed by atoms with van der Waals surface area (Å²) in [5.41, 5.74) is -0.145. The lowest BCUT2D eigenvalue weighted by Crippen LogP contribution is -2.62. The molecule has 4 saturated carbocycles. The van der Waals surface area contributed by atoms with E-state index in [4.69, 9.17) is 4.74 Å². The Bertz CT molecular complexity index is 621. The number of esters is 1. The highest BCUT2D eigenvalue weighted by atomic mass is 16.5. The Hall–Kier alpha value is -1.85. The molecule has 6 heteroatoms. The molecule has 0 aromatic carbocycles. The number of urea groups is 1. The molecule has 2 N–H and O–H groups in total. The van der Waals surface area contributed by atoms with Crippen LogP contribution in [0.25, 0.3) is 0 Å². The third kappa shape index (κ3) is 4.04. The van der Waals surface area contributed by atoms with Gasteiger partial charge in [-0.25, -0.2) is 4.79 Å². The first-order valence-corrected chi connectivity index (χ1v) is 10.4. The Morgan fingerprint density at radius 3 is 2.22 bits per heavy atom. The van der Waals surface area contributed by atoms with Crippen LogP contribution >= 0.6 is 0 Å². The van der Waals surface area contributed by atoms with Gasteiger partial charge in [-0.3, -0.25) is 14.9 Å². The highest BCUT2D eigenvalue weighted by Gasteiger charge is 2.51. The van der Waals surface area contributed by atoms with E-state index in [0.29, 0.717) is 6.42 Å². The van der Waals surface area contributed by atoms with E-state index in [0.717, 1.165) is 49.9 Å². The van der Waals surface area contributed by atoms with Crippen LogP contribution in [0.1, 0.15) is 64.7 Å². The Morgan fingerprint density at radius 2 is 1.67 bits per heavy atom. The van der Waals surface area contributed by atoms with Crippen LogP contribution in [0, 0.1) is 23.7 Å². The third-order valence-corrected chi connectivity index (χ3v) is 6.92. The molecule has 0 aromatic heterocycles. The number of hydrogen-bond acceptors (Lipinski definition) is 4. The predicted molar refractivity (Wildman–Crippen MR) is 99.6 cm³/mol. The number of hydrogen-bond donors (Lipinski definition) is 2. The molecule has 2 atom stereocenters. The second kappa shape index (κ2) is 7.28. The maximum absolute atomic E-state index is 12.4. The zero-order valence-corrected chi connectivity index (χ0v) is 16.0. The van der Waals surface area contributed by atoms with Crippen LogP contribution in [-0.4, -0.2) is 29.6 Å². The first kappa shape index (κ1) is 18.5. The number of carbonyl (C=O) groups is 3. The zero-order chi connectivity index (χ0) is 19.0. The maximum atomic E-state index is 12.4. The second-order valence-electron chi connectivity index (χ2n) is 9.20. The highest BCUT2D eigenvalue weighted by Crippen LogP contribution is 2.55. The van der Waals surface area contributed by atoms with Crippen molar-refractivity contribution in [2.45, 2.75) is 76.4 Å². The summed E-state index contributed by atoms with van der Waals surface area (Å²) in [6.07, 6.45) is 12.3. The molecule has 0 radical (unpaired) electrons. The quantitative estimate of drug-likeness (QED) is 0.585. The smallest absolute Gasteiger partial charge is 0.321 e. The molecular formula is C21H30N2O4. The Kier molecular flexibility index (Phi) is 4.99. The van der Waals surface area contributed by atoms with Gasteiger partial charge in [0, 0.05) is 5.54 Å². The molecule has 0 unspecified atom stereocenters. The molecule has 5 aliphatic carbocycles. The summed E-state index contributed by atoms with van der Waals surface area (Å²) < 4.78 is 5.28. The maximum Gasteiger partial charge on any atom is 0.321 e. The van der Waals surface area contributed by atoms with Crippen LogP contribution in [0.4, 0.5) is 4.79 Å². The molecule has 27 heavy (non-hydrogen) atoms. The lowest BCUT2D eigenvalue weighted by molar-refractivity contribution is -0.158. The van der Waals surface area contributed by atoms with Crippen molar-refractivity contribution in [1.82, 2.24) is 10.6 Å². The van der Waals surface area contributed by atoms with Crippen LogP contribution in [0.5, 0.6) is 0 Å². The average Bonchev–Trinajstić information content (AvgIpc) is 2.60. The summed E-state index contributed by atoms with van der Waals surface area (Å²) in [6.45, 7) is 1.52. The number of carbonyl (C=O) groups excluding carboxylic acids is 3. The largest absolute Gasteiger partial charge is 0.452 e. The fourth-order valence-corrected chi connectivity index (χ4v) is 6.08. The minimum Gasteiger partial charge on any atom is -0.452 e. The number of rotatable bonds is 4. The second-order valence-corrected chi connectivity index (χ2v) is 9.20. The van der Waals surface area contributed by atoms with Crippen molar-refractivity contribution < 1.29 is 19.1 Å². The molecular weight excluding hydrogens is 344 g/mol. The SMILES string of the molecule is C[C@@H](OC(=O)[C@H]1CC=CCC1)C(=O)NC(=O)NC12CC3CC(CC(C3)C1)C2. The Balaban J connectivity index is 1.27. The lowest BCUT2D eigenvalue weighted by atomic mass is 9.53. The van der Waals surface area contributed by atoms with Crippen LogP contribution in [0.15, 0.2) is 12.2 Å². The Labute approximate surface area is 160 Å². The van der Waals surface area contributed by atoms with Gasteiger partial charge < -0.3 is 10.1 Å². The lowest BCUT2D eigenvalue weighted by Gasteiger charge is -2.56. The predicted octanol–water partition coefficient (Wildman–Crippen LogP) is 3.07. The van der Waals surface area contributed by atoms with Crippen molar-refractivity contribution in [2.24, 2.45) is 23.7 Å². The Morgan fingerprint density at radius 1 is 1.04 bits per heavy atom. The van der Waals surface area contributed by atoms with Gasteiger partial charge in [-0.1, -0.05) is 12.2 Å². The van der Waals surface area contributed by atoms with Crippen molar-refractivity contribution in [3.8, 4) is 0 Å². The van der Waals surface area contributed by atoms with Gasteiger partial charge in [-0.15, -0.1) is 0 Å². The standard InChI is InChI=1S/C21H30N2O4/c1-13(27-19(25)17-5-3-2-4-6-17)18(24)22-20(26)23-21-10-14-7-15(11-21)9-16(8-14)12-21/h2-3,13-17H,4-12H2,1H3,(H2,22,23,24,26)/t13-,14?,15?,16?,17+,21?/m1/s1. The fraction of sp³-hybridized carbons (Fsp3) is 0.762. The first-order chi connectivity index (χ1) is 12.9. The molecule has 4 bridgehead atoms. The summed E-state index contributed by atoms with van der Waals surface area (Å²) in [5.74, 6) is 1.05. The minimum absolute atomic E-state index is 0.145. The van der Waals surface area contributed by atoms with Crippen molar-refractivity contribution in [3.63, 3.8) is 0 Å². The van der Waals surface area contributed by atoms with Crippen molar-refractivity contribution in [2.75, 3.05) is 0 Å². The molecule has 0 aliphatic heterocycles. The molecule has 0 aromatic rings. The fourth-order valence-electron chi connectivity index (χ4n) is 6.08. The summed E-state index contributed by atoms with van der Waals surface area (Å²) in [4.78, 5) is 36.9. The van der Waals surface area contributed by atoms with Crippen LogP contribution in [0.3, 0.4) is 0 Å². The monoisotopic (exact) mass is 374 g/mol. The zero-order valence-electron chi connectivity index (χ0n) is 16.0. The van der Waals surface area contributed by atoms with Crippen LogP contribution < -0.4 is 10.6 Å². The minimum atomic E-state index is -0.967. The van der Waals surface area contributed by atoms with Gasteiger partial charge in [0.15, 0.2) is 6.10 Å². The average molecular weight is 374 g/mol. The van der Waals surface area contributed by atoms with Gasteiger partial charge in [0.05, 0.1) is 5.92 Å². The van der Waals surface area contributed by atoms with E-state index < -0.39 is 18.0 Å². The number of ether oxygens (including phenoxy) is 1. The molecule has 0 heterocycles. The van der Waals surface area contributed by atoms with Crippen molar-refractivity contribution in [3.05, 3.63) is 12.2 Å². The van der Waals surface area contributed by atoms with Gasteiger partial charge >= 0.3 is 12.0 Å². The summed E-state index contributed by atoms with van der Waals surface area (Å²) >= 11 is 0. The van der Waals surface area contributed by atoms with Gasteiger partial charge in [0.2, 0.25) is 0 Å². The van der Waals surface area contributed by atoms with Crippen molar-refractivity contribution >= 4 is 17.9 Å². The van der Waals surface area contributed by atoms with E-state index in [2.05, 4.69) is 16.7 Å². The normalized spacial score (nSPS) is 37.5. The third-order valence-electron chi connectivity index (χ3n) is 6.92. The summed E-state index contributed by atoms with van der Waals surface area (Å²) in [7, 11) is 0. The molecule has 3 amide bonds. The number of nitrogens with one attached hydrogen (secondary N) is 2. The van der Waals surface area contributed by atoms with Crippen molar-refractivity contribution in [1.29, 1.82) is 0 Å².